The fourth-order valence-electron chi connectivity index (χ4n) is 5.25. The molecule has 0 spiro atoms. The van der Waals surface area contributed by atoms with Gasteiger partial charge in [0.25, 0.3) is 0 Å². The van der Waals surface area contributed by atoms with E-state index in [1.807, 2.05) is 0 Å². The quantitative estimate of drug-likeness (QED) is 0.677. The SMILES string of the molecule is CC(C)(C)c1ccc(C23CC(CB4OC(C)(C)C(C)(C)O4)(C2)C3)cc1. The van der Waals surface area contributed by atoms with Gasteiger partial charge in [0.05, 0.1) is 11.2 Å². The van der Waals surface area contributed by atoms with E-state index in [0.29, 0.717) is 10.8 Å². The number of rotatable bonds is 3. The highest BCUT2D eigenvalue weighted by atomic mass is 16.7. The molecule has 0 unspecified atom stereocenters. The van der Waals surface area contributed by atoms with Crippen molar-refractivity contribution in [2.75, 3.05) is 0 Å². The lowest BCUT2D eigenvalue weighted by Gasteiger charge is -2.71. The summed E-state index contributed by atoms with van der Waals surface area (Å²) in [4.78, 5) is 0. The normalized spacial score (nSPS) is 35.2. The molecule has 1 aromatic carbocycles. The molecule has 5 rings (SSSR count). The predicted molar refractivity (Wildman–Crippen MR) is 104 cm³/mol. The fraction of sp³-hybridized carbons (Fsp3) is 0.727. The standard InChI is InChI=1S/C22H33BO2/c1-18(2,3)16-8-10-17(11-9-16)22-12-21(13-22,14-22)15-23-24-19(4,5)20(6,7)25-23/h8-11H,12-15H2,1-7H3. The Morgan fingerprint density at radius 1 is 0.880 bits per heavy atom. The van der Waals surface area contributed by atoms with E-state index in [2.05, 4.69) is 72.7 Å². The van der Waals surface area contributed by atoms with Gasteiger partial charge in [-0.15, -0.1) is 0 Å². The largest absolute Gasteiger partial charge is 0.458 e. The second kappa shape index (κ2) is 4.92. The summed E-state index contributed by atoms with van der Waals surface area (Å²) in [6.45, 7) is 15.4. The van der Waals surface area contributed by atoms with Crippen LogP contribution in [0.2, 0.25) is 6.32 Å². The molecule has 3 saturated carbocycles. The summed E-state index contributed by atoms with van der Waals surface area (Å²) in [5.41, 5.74) is 3.69. The molecule has 0 radical (unpaired) electrons. The molecule has 3 aliphatic carbocycles. The molecule has 2 nitrogen and oxygen atoms in total. The third kappa shape index (κ3) is 2.61. The minimum absolute atomic E-state index is 0.0356. The Labute approximate surface area is 153 Å². The highest BCUT2D eigenvalue weighted by Crippen LogP contribution is 2.75. The van der Waals surface area contributed by atoms with Crippen LogP contribution < -0.4 is 0 Å². The third-order valence-electron chi connectivity index (χ3n) is 7.41. The Bertz CT molecular complexity index is 645. The highest BCUT2D eigenvalue weighted by Gasteiger charge is 2.69. The Morgan fingerprint density at radius 3 is 1.80 bits per heavy atom. The Balaban J connectivity index is 1.39. The van der Waals surface area contributed by atoms with Crippen molar-refractivity contribution in [3.8, 4) is 0 Å². The van der Waals surface area contributed by atoms with Crippen LogP contribution in [-0.2, 0) is 20.1 Å². The van der Waals surface area contributed by atoms with E-state index in [9.17, 15) is 0 Å². The summed E-state index contributed by atoms with van der Waals surface area (Å²) < 4.78 is 12.5. The Morgan fingerprint density at radius 2 is 1.36 bits per heavy atom. The van der Waals surface area contributed by atoms with E-state index in [4.69, 9.17) is 9.31 Å². The summed E-state index contributed by atoms with van der Waals surface area (Å²) in [6.07, 6.45) is 4.97. The van der Waals surface area contributed by atoms with Gasteiger partial charge in [-0.2, -0.15) is 0 Å². The van der Waals surface area contributed by atoms with E-state index in [1.165, 1.54) is 30.4 Å². The molecule has 2 bridgehead atoms. The van der Waals surface area contributed by atoms with E-state index >= 15 is 0 Å². The van der Waals surface area contributed by atoms with Gasteiger partial charge in [-0.25, -0.2) is 0 Å². The van der Waals surface area contributed by atoms with Crippen LogP contribution in [0.5, 0.6) is 0 Å². The van der Waals surface area contributed by atoms with Crippen molar-refractivity contribution < 1.29 is 9.31 Å². The van der Waals surface area contributed by atoms with Crippen LogP contribution in [0.1, 0.15) is 78.9 Å². The first-order valence-corrected chi connectivity index (χ1v) is 9.83. The van der Waals surface area contributed by atoms with Crippen molar-refractivity contribution in [3.63, 3.8) is 0 Å². The van der Waals surface area contributed by atoms with Gasteiger partial charge < -0.3 is 9.31 Å². The maximum atomic E-state index is 6.23. The zero-order chi connectivity index (χ0) is 18.3. The lowest BCUT2D eigenvalue weighted by molar-refractivity contribution is -0.129. The van der Waals surface area contributed by atoms with Crippen molar-refractivity contribution in [2.45, 2.75) is 96.1 Å². The van der Waals surface area contributed by atoms with Crippen molar-refractivity contribution in [3.05, 3.63) is 35.4 Å². The van der Waals surface area contributed by atoms with Crippen molar-refractivity contribution >= 4 is 7.12 Å². The van der Waals surface area contributed by atoms with Gasteiger partial charge in [0.15, 0.2) is 0 Å². The zero-order valence-corrected chi connectivity index (χ0v) is 17.0. The fourth-order valence-corrected chi connectivity index (χ4v) is 5.25. The molecule has 0 aromatic heterocycles. The van der Waals surface area contributed by atoms with Crippen LogP contribution >= 0.6 is 0 Å². The summed E-state index contributed by atoms with van der Waals surface area (Å²) in [6, 6.07) is 9.41. The zero-order valence-electron chi connectivity index (χ0n) is 17.0. The van der Waals surface area contributed by atoms with Crippen LogP contribution in [0.3, 0.4) is 0 Å². The molecule has 1 saturated heterocycles. The van der Waals surface area contributed by atoms with Gasteiger partial charge in [-0.1, -0.05) is 45.0 Å². The molecule has 0 N–H and O–H groups in total. The molecule has 1 aromatic rings. The van der Waals surface area contributed by atoms with Crippen molar-refractivity contribution in [2.24, 2.45) is 5.41 Å². The predicted octanol–water partition coefficient (Wildman–Crippen LogP) is 5.50. The smallest absolute Gasteiger partial charge is 0.403 e. The first-order chi connectivity index (χ1) is 11.4. The molecule has 4 fully saturated rings. The van der Waals surface area contributed by atoms with Gasteiger partial charge in [-0.3, -0.25) is 0 Å². The lowest BCUT2D eigenvalue weighted by atomic mass is 9.30. The first-order valence-electron chi connectivity index (χ1n) is 9.83. The molecule has 136 valence electrons. The second-order valence-electron chi connectivity index (χ2n) is 11.0. The average molecular weight is 340 g/mol. The Hall–Kier alpha value is -0.795. The molecule has 1 heterocycles. The lowest BCUT2D eigenvalue weighted by Crippen LogP contribution is -2.65. The van der Waals surface area contributed by atoms with E-state index in [0.717, 1.165) is 6.32 Å². The van der Waals surface area contributed by atoms with E-state index in [-0.39, 0.29) is 23.7 Å². The molecule has 1 aliphatic heterocycles. The maximum absolute atomic E-state index is 6.23. The number of benzene rings is 1. The van der Waals surface area contributed by atoms with Crippen LogP contribution in [0.25, 0.3) is 0 Å². The minimum Gasteiger partial charge on any atom is -0.403 e. The van der Waals surface area contributed by atoms with Gasteiger partial charge in [0.1, 0.15) is 0 Å². The van der Waals surface area contributed by atoms with Crippen molar-refractivity contribution in [1.82, 2.24) is 0 Å². The van der Waals surface area contributed by atoms with E-state index in [1.54, 1.807) is 0 Å². The highest BCUT2D eigenvalue weighted by molar-refractivity contribution is 6.45. The number of hydrogen-bond acceptors (Lipinski definition) is 2. The molecule has 4 aliphatic rings. The average Bonchev–Trinajstić information content (AvgIpc) is 2.59. The van der Waals surface area contributed by atoms with Gasteiger partial charge in [0.2, 0.25) is 0 Å². The molecule has 0 amide bonds. The topological polar surface area (TPSA) is 18.5 Å². The summed E-state index contributed by atoms with van der Waals surface area (Å²) >= 11 is 0. The molecular weight excluding hydrogens is 307 g/mol. The van der Waals surface area contributed by atoms with Crippen LogP contribution in [-0.4, -0.2) is 18.3 Å². The molecular formula is C22H33BO2. The molecule has 0 atom stereocenters. The van der Waals surface area contributed by atoms with E-state index < -0.39 is 0 Å². The number of hydrogen-bond donors (Lipinski definition) is 0. The molecule has 3 heteroatoms. The van der Waals surface area contributed by atoms with Gasteiger partial charge >= 0.3 is 7.12 Å². The van der Waals surface area contributed by atoms with Gasteiger partial charge in [-0.05, 0) is 80.6 Å². The van der Waals surface area contributed by atoms with Crippen LogP contribution in [0, 0.1) is 5.41 Å². The minimum atomic E-state index is -0.207. The summed E-state index contributed by atoms with van der Waals surface area (Å²) in [5.74, 6) is 0. The van der Waals surface area contributed by atoms with Crippen molar-refractivity contribution in [1.29, 1.82) is 0 Å². The summed E-state index contributed by atoms with van der Waals surface area (Å²) in [7, 11) is -0.0356. The third-order valence-corrected chi connectivity index (χ3v) is 7.41. The second-order valence-corrected chi connectivity index (χ2v) is 11.0. The summed E-state index contributed by atoms with van der Waals surface area (Å²) in [5, 5.41) is 0. The van der Waals surface area contributed by atoms with Gasteiger partial charge in [0, 0.05) is 0 Å². The maximum Gasteiger partial charge on any atom is 0.458 e. The van der Waals surface area contributed by atoms with Crippen LogP contribution in [0.15, 0.2) is 24.3 Å². The first kappa shape index (κ1) is 17.6. The molecule has 25 heavy (non-hydrogen) atoms. The Kier molecular flexibility index (Phi) is 3.47. The monoisotopic (exact) mass is 340 g/mol. The van der Waals surface area contributed by atoms with Crippen LogP contribution in [0.4, 0.5) is 0 Å².